The largest absolute Gasteiger partial charge is 0.478 e. The third-order valence-electron chi connectivity index (χ3n) is 1.71. The Bertz CT molecular complexity index is 515. The molecule has 0 amide bonds. The summed E-state index contributed by atoms with van der Waals surface area (Å²) >= 11 is 2.50. The predicted molar refractivity (Wildman–Crippen MR) is 57.8 cm³/mol. The molecule has 0 fully saturated rings. The first kappa shape index (κ1) is 11.0. The Morgan fingerprint density at radius 1 is 1.50 bits per heavy atom. The number of hydrogen-bond donors (Lipinski definition) is 1. The van der Waals surface area contributed by atoms with Crippen LogP contribution in [0.15, 0.2) is 22.0 Å². The Morgan fingerprint density at radius 2 is 2.31 bits per heavy atom. The van der Waals surface area contributed by atoms with Gasteiger partial charge in [-0.15, -0.1) is 0 Å². The van der Waals surface area contributed by atoms with Crippen LogP contribution in [0.1, 0.15) is 16.1 Å². The first-order chi connectivity index (χ1) is 7.66. The lowest BCUT2D eigenvalue weighted by molar-refractivity contribution is 0.0695. The van der Waals surface area contributed by atoms with Crippen molar-refractivity contribution >= 4 is 29.3 Å². The van der Waals surface area contributed by atoms with Crippen molar-refractivity contribution in [2.45, 2.75) is 16.4 Å². The summed E-state index contributed by atoms with van der Waals surface area (Å²) in [6.45, 7) is 1.63. The standard InChI is InChI=1S/C8H6N4O2S2/c1-4-5(6(13)14)2-9-7(12-4)15-8-10-3-11-16-8/h2-3H,1H3,(H,13,14). The van der Waals surface area contributed by atoms with Crippen molar-refractivity contribution in [1.29, 1.82) is 0 Å². The van der Waals surface area contributed by atoms with Gasteiger partial charge in [0.05, 0.1) is 11.3 Å². The summed E-state index contributed by atoms with van der Waals surface area (Å²) in [5, 5.41) is 9.28. The van der Waals surface area contributed by atoms with Gasteiger partial charge in [0.2, 0.25) is 0 Å². The molecule has 0 saturated heterocycles. The maximum atomic E-state index is 10.7. The smallest absolute Gasteiger partial charge is 0.339 e. The van der Waals surface area contributed by atoms with Crippen LogP contribution in [-0.2, 0) is 0 Å². The average molecular weight is 254 g/mol. The number of aromatic nitrogens is 4. The van der Waals surface area contributed by atoms with E-state index in [1.165, 1.54) is 35.8 Å². The molecule has 1 N–H and O–H groups in total. The van der Waals surface area contributed by atoms with Gasteiger partial charge in [0.15, 0.2) is 9.50 Å². The number of carbonyl (C=O) groups is 1. The molecule has 0 saturated carbocycles. The molecule has 0 radical (unpaired) electrons. The van der Waals surface area contributed by atoms with Crippen LogP contribution in [0.5, 0.6) is 0 Å². The van der Waals surface area contributed by atoms with Gasteiger partial charge in [-0.05, 0) is 30.2 Å². The highest BCUT2D eigenvalue weighted by Gasteiger charge is 2.11. The molecular formula is C8H6N4O2S2. The SMILES string of the molecule is Cc1nc(Sc2ncns2)ncc1C(=O)O. The highest BCUT2D eigenvalue weighted by atomic mass is 32.2. The third kappa shape index (κ3) is 2.34. The second-order valence-corrected chi connectivity index (χ2v) is 4.76. The minimum Gasteiger partial charge on any atom is -0.478 e. The Kier molecular flexibility index (Phi) is 3.11. The number of aromatic carboxylic acids is 1. The molecule has 0 aliphatic carbocycles. The monoisotopic (exact) mass is 254 g/mol. The van der Waals surface area contributed by atoms with Gasteiger partial charge in [-0.25, -0.2) is 19.7 Å². The Morgan fingerprint density at radius 3 is 2.88 bits per heavy atom. The van der Waals surface area contributed by atoms with Crippen LogP contribution in [-0.4, -0.2) is 30.4 Å². The van der Waals surface area contributed by atoms with Crippen molar-refractivity contribution < 1.29 is 9.90 Å². The quantitative estimate of drug-likeness (QED) is 0.830. The molecule has 2 heterocycles. The van der Waals surface area contributed by atoms with E-state index in [4.69, 9.17) is 5.11 Å². The fourth-order valence-electron chi connectivity index (χ4n) is 0.991. The van der Waals surface area contributed by atoms with E-state index in [2.05, 4.69) is 19.3 Å². The van der Waals surface area contributed by atoms with Crippen molar-refractivity contribution in [3.63, 3.8) is 0 Å². The van der Waals surface area contributed by atoms with Gasteiger partial charge in [0.25, 0.3) is 0 Å². The molecule has 82 valence electrons. The summed E-state index contributed by atoms with van der Waals surface area (Å²) in [6, 6.07) is 0. The van der Waals surface area contributed by atoms with Crippen LogP contribution in [0.3, 0.4) is 0 Å². The van der Waals surface area contributed by atoms with Gasteiger partial charge in [-0.3, -0.25) is 0 Å². The normalized spacial score (nSPS) is 10.3. The Labute approximate surface area is 99.0 Å². The van der Waals surface area contributed by atoms with Crippen molar-refractivity contribution in [3.8, 4) is 0 Å². The molecule has 6 nitrogen and oxygen atoms in total. The number of aryl methyl sites for hydroxylation is 1. The predicted octanol–water partition coefficient (Wildman–Crippen LogP) is 1.49. The maximum Gasteiger partial charge on any atom is 0.339 e. The zero-order chi connectivity index (χ0) is 11.5. The van der Waals surface area contributed by atoms with E-state index in [9.17, 15) is 4.79 Å². The highest BCUT2D eigenvalue weighted by molar-refractivity contribution is 8.00. The molecule has 16 heavy (non-hydrogen) atoms. The molecule has 0 aliphatic rings. The summed E-state index contributed by atoms with van der Waals surface area (Å²) in [7, 11) is 0. The summed E-state index contributed by atoms with van der Waals surface area (Å²) < 4.78 is 4.57. The number of carboxylic acids is 1. The van der Waals surface area contributed by atoms with Gasteiger partial charge in [-0.2, -0.15) is 4.37 Å². The third-order valence-corrected chi connectivity index (χ3v) is 3.30. The first-order valence-corrected chi connectivity index (χ1v) is 5.77. The fourth-order valence-corrected chi connectivity index (χ4v) is 2.32. The topological polar surface area (TPSA) is 88.9 Å². The van der Waals surface area contributed by atoms with Crippen LogP contribution in [0.25, 0.3) is 0 Å². The lowest BCUT2D eigenvalue weighted by Crippen LogP contribution is -2.03. The van der Waals surface area contributed by atoms with E-state index in [1.54, 1.807) is 6.92 Å². The van der Waals surface area contributed by atoms with Gasteiger partial charge in [0.1, 0.15) is 6.33 Å². The van der Waals surface area contributed by atoms with Crippen molar-refractivity contribution in [2.75, 3.05) is 0 Å². The van der Waals surface area contributed by atoms with Gasteiger partial charge < -0.3 is 5.11 Å². The minimum atomic E-state index is -1.02. The second-order valence-electron chi connectivity index (χ2n) is 2.77. The van der Waals surface area contributed by atoms with Crippen LogP contribution in [0, 0.1) is 6.92 Å². The lowest BCUT2D eigenvalue weighted by atomic mass is 10.2. The van der Waals surface area contributed by atoms with Crippen molar-refractivity contribution in [1.82, 2.24) is 19.3 Å². The molecule has 0 aromatic carbocycles. The maximum absolute atomic E-state index is 10.7. The lowest BCUT2D eigenvalue weighted by Gasteiger charge is -2.00. The first-order valence-electron chi connectivity index (χ1n) is 4.18. The number of rotatable bonds is 3. The van der Waals surface area contributed by atoms with E-state index in [0.717, 1.165) is 4.34 Å². The Balaban J connectivity index is 2.24. The molecule has 2 aromatic rings. The molecular weight excluding hydrogens is 248 g/mol. The number of nitrogens with zero attached hydrogens (tertiary/aromatic N) is 4. The fraction of sp³-hybridized carbons (Fsp3) is 0.125. The molecule has 0 spiro atoms. The van der Waals surface area contributed by atoms with Crippen LogP contribution >= 0.6 is 23.3 Å². The van der Waals surface area contributed by atoms with Gasteiger partial charge >= 0.3 is 5.97 Å². The summed E-state index contributed by atoms with van der Waals surface area (Å²) in [5.74, 6) is -1.02. The zero-order valence-electron chi connectivity index (χ0n) is 8.12. The van der Waals surface area contributed by atoms with E-state index in [0.29, 0.717) is 10.9 Å². The van der Waals surface area contributed by atoms with E-state index in [1.807, 2.05) is 0 Å². The molecule has 8 heteroatoms. The molecule has 0 unspecified atom stereocenters. The number of carboxylic acid groups (broad SMARTS) is 1. The highest BCUT2D eigenvalue weighted by Crippen LogP contribution is 2.25. The van der Waals surface area contributed by atoms with E-state index >= 15 is 0 Å². The molecule has 0 bridgehead atoms. The minimum absolute atomic E-state index is 0.113. The van der Waals surface area contributed by atoms with E-state index < -0.39 is 5.97 Å². The Hall–Kier alpha value is -1.54. The molecule has 0 aliphatic heterocycles. The van der Waals surface area contributed by atoms with Gasteiger partial charge in [0, 0.05) is 6.20 Å². The molecule has 2 aromatic heterocycles. The number of hydrogen-bond acceptors (Lipinski definition) is 7. The molecule has 0 atom stereocenters. The zero-order valence-corrected chi connectivity index (χ0v) is 9.75. The van der Waals surface area contributed by atoms with Crippen molar-refractivity contribution in [2.24, 2.45) is 0 Å². The van der Waals surface area contributed by atoms with Gasteiger partial charge in [-0.1, -0.05) is 0 Å². The second kappa shape index (κ2) is 4.54. The summed E-state index contributed by atoms with van der Waals surface area (Å²) in [6.07, 6.45) is 2.75. The van der Waals surface area contributed by atoms with Crippen LogP contribution in [0.4, 0.5) is 0 Å². The van der Waals surface area contributed by atoms with E-state index in [-0.39, 0.29) is 5.56 Å². The van der Waals surface area contributed by atoms with Crippen LogP contribution in [0.2, 0.25) is 0 Å². The summed E-state index contributed by atoms with van der Waals surface area (Å²) in [4.78, 5) is 22.7. The average Bonchev–Trinajstić information content (AvgIpc) is 2.70. The van der Waals surface area contributed by atoms with Crippen LogP contribution < -0.4 is 0 Å². The van der Waals surface area contributed by atoms with Crippen molar-refractivity contribution in [3.05, 3.63) is 23.8 Å². The summed E-state index contributed by atoms with van der Waals surface area (Å²) in [5.41, 5.74) is 0.552. The molecule has 2 rings (SSSR count).